The first kappa shape index (κ1) is 19.4. The number of fused-ring (bicyclic) bond motifs is 3. The minimum atomic E-state index is -0.173. The largest absolute Gasteiger partial charge is 0.352 e. The average molecular weight is 394 g/mol. The molecular formula is C19H27N3O2S2. The number of nitrogens with zero attached hydrogens (tertiary/aromatic N) is 1. The predicted molar refractivity (Wildman–Crippen MR) is 110 cm³/mol. The van der Waals surface area contributed by atoms with Crippen LogP contribution in [0, 0.1) is 0 Å². The highest BCUT2D eigenvalue weighted by molar-refractivity contribution is 7.99. The summed E-state index contributed by atoms with van der Waals surface area (Å²) in [6, 6.07) is 0.234. The van der Waals surface area contributed by atoms with Gasteiger partial charge in [-0.15, -0.1) is 23.1 Å². The fourth-order valence-electron chi connectivity index (χ4n) is 3.37. The summed E-state index contributed by atoms with van der Waals surface area (Å²) in [5, 5.41) is 3.69. The van der Waals surface area contributed by atoms with Gasteiger partial charge in [-0.2, -0.15) is 0 Å². The number of hydrogen-bond donors (Lipinski definition) is 2. The second-order valence-corrected chi connectivity index (χ2v) is 9.29. The van der Waals surface area contributed by atoms with Crippen molar-refractivity contribution in [2.24, 2.45) is 0 Å². The molecule has 2 heterocycles. The normalized spacial score (nSPS) is 15.2. The van der Waals surface area contributed by atoms with Gasteiger partial charge >= 0.3 is 0 Å². The van der Waals surface area contributed by atoms with E-state index in [0.717, 1.165) is 42.3 Å². The van der Waals surface area contributed by atoms with Crippen LogP contribution in [0.1, 0.15) is 62.7 Å². The molecule has 0 aliphatic heterocycles. The number of aryl methyl sites for hydroxylation is 2. The lowest BCUT2D eigenvalue weighted by atomic mass is 9.97. The van der Waals surface area contributed by atoms with Gasteiger partial charge in [-0.3, -0.25) is 9.59 Å². The predicted octanol–water partition coefficient (Wildman–Crippen LogP) is 3.79. The Balaban J connectivity index is 1.69. The molecule has 142 valence electrons. The van der Waals surface area contributed by atoms with E-state index in [0.29, 0.717) is 11.6 Å². The molecule has 0 saturated carbocycles. The zero-order valence-electron chi connectivity index (χ0n) is 15.7. The Labute approximate surface area is 162 Å². The van der Waals surface area contributed by atoms with E-state index in [9.17, 15) is 9.59 Å². The molecule has 0 fully saturated rings. The van der Waals surface area contributed by atoms with Crippen molar-refractivity contribution in [3.8, 4) is 0 Å². The lowest BCUT2D eigenvalue weighted by molar-refractivity contribution is -0.121. The Morgan fingerprint density at radius 2 is 2.04 bits per heavy atom. The quantitative estimate of drug-likeness (QED) is 0.750. The number of aromatic nitrogens is 2. The molecule has 0 bridgehead atoms. The zero-order valence-corrected chi connectivity index (χ0v) is 17.3. The maximum Gasteiger partial charge on any atom is 0.259 e. The Hall–Kier alpha value is -1.34. The van der Waals surface area contributed by atoms with E-state index in [2.05, 4.69) is 29.1 Å². The highest BCUT2D eigenvalue weighted by Gasteiger charge is 2.21. The Morgan fingerprint density at radius 1 is 1.31 bits per heavy atom. The fourth-order valence-corrected chi connectivity index (χ4v) is 5.41. The van der Waals surface area contributed by atoms with Crippen molar-refractivity contribution < 1.29 is 4.79 Å². The second-order valence-electron chi connectivity index (χ2n) is 6.88. The number of hydrogen-bond acceptors (Lipinski definition) is 5. The molecule has 0 saturated heterocycles. The zero-order chi connectivity index (χ0) is 18.7. The van der Waals surface area contributed by atoms with Crippen molar-refractivity contribution in [1.29, 1.82) is 0 Å². The number of amides is 1. The number of thioether (sulfide) groups is 1. The smallest absolute Gasteiger partial charge is 0.259 e. The van der Waals surface area contributed by atoms with Crippen molar-refractivity contribution in [2.75, 3.05) is 0 Å². The second kappa shape index (κ2) is 8.57. The molecule has 0 radical (unpaired) electrons. The number of carbonyl (C=O) groups is 1. The molecule has 0 spiro atoms. The molecule has 2 aromatic heterocycles. The number of rotatable bonds is 7. The summed E-state index contributed by atoms with van der Waals surface area (Å²) in [5.41, 5.74) is 1.18. The van der Waals surface area contributed by atoms with E-state index in [1.54, 1.807) is 11.3 Å². The van der Waals surface area contributed by atoms with Crippen molar-refractivity contribution in [3.05, 3.63) is 26.6 Å². The molecule has 2 N–H and O–H groups in total. The fraction of sp³-hybridized carbons (Fsp3) is 0.632. The van der Waals surface area contributed by atoms with Crippen LogP contribution in [0.3, 0.4) is 0 Å². The molecule has 1 aliphatic rings. The molecule has 7 heteroatoms. The van der Waals surface area contributed by atoms with Gasteiger partial charge in [0.25, 0.3) is 5.56 Å². The van der Waals surface area contributed by atoms with E-state index in [1.807, 2.05) is 6.92 Å². The molecule has 0 aromatic carbocycles. The molecule has 3 rings (SSSR count). The van der Waals surface area contributed by atoms with Gasteiger partial charge in [0.15, 0.2) is 0 Å². The minimum Gasteiger partial charge on any atom is -0.352 e. The van der Waals surface area contributed by atoms with Crippen LogP contribution in [0.25, 0.3) is 10.2 Å². The highest BCUT2D eigenvalue weighted by Crippen LogP contribution is 2.33. The van der Waals surface area contributed by atoms with Gasteiger partial charge in [-0.25, -0.2) is 4.98 Å². The topological polar surface area (TPSA) is 74.8 Å². The number of nitrogens with one attached hydrogen (secondary N) is 2. The number of aromatic amines is 1. The van der Waals surface area contributed by atoms with E-state index < -0.39 is 0 Å². The third-order valence-electron chi connectivity index (χ3n) is 5.05. The van der Waals surface area contributed by atoms with Gasteiger partial charge < -0.3 is 10.3 Å². The summed E-state index contributed by atoms with van der Waals surface area (Å²) in [7, 11) is 0. The van der Waals surface area contributed by atoms with Gasteiger partial charge in [0.2, 0.25) is 5.91 Å². The first-order valence-electron chi connectivity index (χ1n) is 9.48. The molecule has 0 unspecified atom stereocenters. The first-order chi connectivity index (χ1) is 12.5. The first-order valence-corrected chi connectivity index (χ1v) is 11.3. The third kappa shape index (κ3) is 4.14. The maximum absolute atomic E-state index is 12.6. The summed E-state index contributed by atoms with van der Waals surface area (Å²) in [4.78, 5) is 34.6. The molecule has 1 amide bonds. The summed E-state index contributed by atoms with van der Waals surface area (Å²) in [5.74, 6) is 1.25. The van der Waals surface area contributed by atoms with Crippen LogP contribution in [-0.2, 0) is 23.4 Å². The van der Waals surface area contributed by atoms with Gasteiger partial charge in [0, 0.05) is 10.9 Å². The van der Waals surface area contributed by atoms with Crippen molar-refractivity contribution in [2.45, 2.75) is 76.3 Å². The highest BCUT2D eigenvalue weighted by atomic mass is 32.2. The standard InChI is InChI=1S/C19H27N3O2S2/c1-4-12(5-2)20-17(23)11(3)25-10-15-21-18(24)16-13-8-6-7-9-14(13)26-19(16)22-15/h11-12H,4-10H2,1-3H3,(H,20,23)(H,21,22,24)/t11-/m1/s1. The van der Waals surface area contributed by atoms with Crippen LogP contribution < -0.4 is 10.9 Å². The van der Waals surface area contributed by atoms with Crippen molar-refractivity contribution >= 4 is 39.2 Å². The van der Waals surface area contributed by atoms with Crippen molar-refractivity contribution in [1.82, 2.24) is 15.3 Å². The Bertz CT molecular complexity index is 839. The van der Waals surface area contributed by atoms with Crippen molar-refractivity contribution in [3.63, 3.8) is 0 Å². The summed E-state index contributed by atoms with van der Waals surface area (Å²) >= 11 is 3.18. The Morgan fingerprint density at radius 3 is 2.77 bits per heavy atom. The summed E-state index contributed by atoms with van der Waals surface area (Å²) in [6.07, 6.45) is 6.28. The molecule has 5 nitrogen and oxygen atoms in total. The molecule has 26 heavy (non-hydrogen) atoms. The van der Waals surface area contributed by atoms with Crippen LogP contribution in [0.5, 0.6) is 0 Å². The lowest BCUT2D eigenvalue weighted by Gasteiger charge is -2.18. The lowest BCUT2D eigenvalue weighted by Crippen LogP contribution is -2.38. The molecule has 2 aromatic rings. The monoisotopic (exact) mass is 393 g/mol. The van der Waals surface area contributed by atoms with E-state index in [4.69, 9.17) is 0 Å². The van der Waals surface area contributed by atoms with Gasteiger partial charge in [-0.1, -0.05) is 13.8 Å². The van der Waals surface area contributed by atoms with Gasteiger partial charge in [0.1, 0.15) is 10.7 Å². The summed E-state index contributed by atoms with van der Waals surface area (Å²) in [6.45, 7) is 6.07. The van der Waals surface area contributed by atoms with Crippen LogP contribution in [0.2, 0.25) is 0 Å². The van der Waals surface area contributed by atoms with E-state index >= 15 is 0 Å². The van der Waals surface area contributed by atoms with E-state index in [-0.39, 0.29) is 22.8 Å². The van der Waals surface area contributed by atoms with E-state index in [1.165, 1.54) is 28.6 Å². The van der Waals surface area contributed by atoms with Gasteiger partial charge in [0.05, 0.1) is 16.4 Å². The maximum atomic E-state index is 12.6. The minimum absolute atomic E-state index is 0.0286. The molecule has 1 atom stereocenters. The third-order valence-corrected chi connectivity index (χ3v) is 7.39. The number of carbonyl (C=O) groups excluding carboxylic acids is 1. The average Bonchev–Trinajstić information content (AvgIpc) is 3.02. The van der Waals surface area contributed by atoms with Crippen LogP contribution in [0.4, 0.5) is 0 Å². The molecular weight excluding hydrogens is 366 g/mol. The number of thiophene rings is 1. The van der Waals surface area contributed by atoms with Gasteiger partial charge in [-0.05, 0) is 51.0 Å². The van der Waals surface area contributed by atoms with Crippen LogP contribution >= 0.6 is 23.1 Å². The van der Waals surface area contributed by atoms with Crippen LogP contribution in [0.15, 0.2) is 4.79 Å². The molecule has 1 aliphatic carbocycles. The summed E-state index contributed by atoms with van der Waals surface area (Å²) < 4.78 is 0. The Kier molecular flexibility index (Phi) is 6.40. The number of H-pyrrole nitrogens is 1. The SMILES string of the molecule is CCC(CC)NC(=O)[C@@H](C)SCc1nc2sc3c(c2c(=O)[nH]1)CCCC3. The van der Waals surface area contributed by atoms with Crippen LogP contribution in [-0.4, -0.2) is 27.2 Å².